The van der Waals surface area contributed by atoms with E-state index in [1.165, 1.54) is 0 Å². The summed E-state index contributed by atoms with van der Waals surface area (Å²) in [6.07, 6.45) is 5.03. The van der Waals surface area contributed by atoms with Gasteiger partial charge in [0.15, 0.2) is 5.92 Å². The van der Waals surface area contributed by atoms with Gasteiger partial charge in [-0.2, -0.15) is 0 Å². The second kappa shape index (κ2) is 17.8. The normalized spacial score (nSPS) is 14.8. The van der Waals surface area contributed by atoms with Gasteiger partial charge < -0.3 is 10.2 Å². The largest absolute Gasteiger partial charge is 0.481 e. The van der Waals surface area contributed by atoms with Crippen molar-refractivity contribution in [2.75, 3.05) is 13.1 Å². The highest BCUT2D eigenvalue weighted by atomic mass is 19.2. The van der Waals surface area contributed by atoms with E-state index in [4.69, 9.17) is 0 Å². The van der Waals surface area contributed by atoms with Crippen LogP contribution in [0.4, 0.5) is 8.96 Å². The lowest BCUT2D eigenvalue weighted by Crippen LogP contribution is -2.52. The van der Waals surface area contributed by atoms with Gasteiger partial charge in [0.05, 0.1) is 12.1 Å². The summed E-state index contributed by atoms with van der Waals surface area (Å²) in [5, 5.41) is 20.4. The zero-order valence-corrected chi connectivity index (χ0v) is 24.1. The average Bonchev–Trinajstić information content (AvgIpc) is 2.95. The van der Waals surface area contributed by atoms with Crippen LogP contribution in [-0.2, 0) is 22.4 Å². The Morgan fingerprint density at radius 1 is 0.775 bits per heavy atom. The van der Waals surface area contributed by atoms with E-state index in [2.05, 4.69) is 6.92 Å². The van der Waals surface area contributed by atoms with Crippen LogP contribution in [0.1, 0.15) is 70.4 Å². The topological polar surface area (TPSA) is 81.1 Å². The van der Waals surface area contributed by atoms with Crippen LogP contribution in [0.25, 0.3) is 0 Å². The lowest BCUT2D eigenvalue weighted by atomic mass is 9.76. The summed E-state index contributed by atoms with van der Waals surface area (Å²) in [7, 11) is 0. The maximum atomic E-state index is 16.2. The minimum Gasteiger partial charge on any atom is -0.481 e. The minimum atomic E-state index is -1.60. The maximum Gasteiger partial charge on any atom is 0.317 e. The molecule has 0 radical (unpaired) electrons. The first-order valence-electron chi connectivity index (χ1n) is 14.5. The molecule has 4 atom stereocenters. The fourth-order valence-electron chi connectivity index (χ4n) is 5.53. The van der Waals surface area contributed by atoms with Crippen molar-refractivity contribution in [1.29, 1.82) is 0 Å². The van der Waals surface area contributed by atoms with Crippen LogP contribution < -0.4 is 0 Å². The van der Waals surface area contributed by atoms with E-state index in [-0.39, 0.29) is 19.5 Å². The van der Waals surface area contributed by atoms with Gasteiger partial charge in [0.1, 0.15) is 0 Å². The predicted octanol–water partition coefficient (Wildman–Crippen LogP) is 7.00. The van der Waals surface area contributed by atoms with Crippen molar-refractivity contribution in [2.24, 2.45) is 17.8 Å². The van der Waals surface area contributed by atoms with Crippen molar-refractivity contribution in [2.45, 2.75) is 84.2 Å². The van der Waals surface area contributed by atoms with Crippen molar-refractivity contribution in [3.8, 4) is 0 Å². The lowest BCUT2D eigenvalue weighted by Gasteiger charge is -2.41. The molecule has 0 amide bonds. The Morgan fingerprint density at radius 3 is 1.75 bits per heavy atom. The molecule has 0 bridgehead atoms. The number of hydrogen-bond donors (Lipinski definition) is 2. The monoisotopic (exact) mass is 560 g/mol. The number of benzene rings is 2. The van der Waals surface area contributed by atoms with Gasteiger partial charge in [0, 0.05) is 13.1 Å². The average molecular weight is 561 g/mol. The molecule has 2 rings (SSSR count). The molecule has 2 aromatic rings. The number of unbranched alkanes of at least 4 members (excludes halogenated alkanes) is 3. The maximum absolute atomic E-state index is 16.2. The molecule has 4 unspecified atom stereocenters. The molecule has 0 spiro atoms. The highest BCUT2D eigenvalue weighted by Crippen LogP contribution is 2.34. The Bertz CT molecular complexity index is 981. The fraction of sp³-hybridized carbons (Fsp3) is 0.562. The molecule has 0 heterocycles. The van der Waals surface area contributed by atoms with E-state index in [9.17, 15) is 19.8 Å². The minimum absolute atomic E-state index is 0.0466. The summed E-state index contributed by atoms with van der Waals surface area (Å²) in [5.74, 6) is -5.32. The molecule has 0 saturated heterocycles. The van der Waals surface area contributed by atoms with Crippen molar-refractivity contribution in [3.63, 3.8) is 0 Å². The molecule has 2 aromatic carbocycles. The van der Waals surface area contributed by atoms with Crippen molar-refractivity contribution in [1.82, 2.24) is 10.2 Å². The van der Waals surface area contributed by atoms with Gasteiger partial charge in [-0.1, -0.05) is 100 Å². The number of aliphatic carboxylic acids is 2. The van der Waals surface area contributed by atoms with Crippen LogP contribution in [0.2, 0.25) is 0 Å². The number of carbonyl (C=O) groups is 2. The Kier molecular flexibility index (Phi) is 14.8. The third-order valence-corrected chi connectivity index (χ3v) is 7.94. The second-order valence-electron chi connectivity index (χ2n) is 10.9. The summed E-state index contributed by atoms with van der Waals surface area (Å²) in [4.78, 5) is 23.4. The first-order valence-corrected chi connectivity index (χ1v) is 14.5. The van der Waals surface area contributed by atoms with Gasteiger partial charge in [-0.05, 0) is 55.6 Å². The molecule has 6 nitrogen and oxygen atoms in total. The highest BCUT2D eigenvalue weighted by Gasteiger charge is 2.40. The van der Waals surface area contributed by atoms with Gasteiger partial charge in [-0.25, -0.2) is 0 Å². The second-order valence-corrected chi connectivity index (χ2v) is 10.9. The summed E-state index contributed by atoms with van der Waals surface area (Å²) >= 11 is 0. The van der Waals surface area contributed by atoms with E-state index >= 15 is 8.96 Å². The van der Waals surface area contributed by atoms with Gasteiger partial charge in [-0.3, -0.25) is 9.59 Å². The molecule has 0 saturated carbocycles. The molecule has 2 N–H and O–H groups in total. The van der Waals surface area contributed by atoms with Crippen LogP contribution in [0.5, 0.6) is 0 Å². The molecule has 8 heteroatoms. The molecule has 0 aliphatic heterocycles. The molecule has 40 heavy (non-hydrogen) atoms. The lowest BCUT2D eigenvalue weighted by molar-refractivity contribution is -0.156. The molecular weight excluding hydrogens is 514 g/mol. The van der Waals surface area contributed by atoms with Gasteiger partial charge in [-0.15, -0.1) is 19.2 Å². The Balaban J connectivity index is 2.33. The van der Waals surface area contributed by atoms with Crippen molar-refractivity contribution < 1.29 is 28.8 Å². The zero-order valence-electron chi connectivity index (χ0n) is 24.1. The van der Waals surface area contributed by atoms with E-state index in [0.717, 1.165) is 36.8 Å². The van der Waals surface area contributed by atoms with E-state index in [1.807, 2.05) is 60.7 Å². The van der Waals surface area contributed by atoms with E-state index < -0.39 is 41.8 Å². The fourth-order valence-corrected chi connectivity index (χ4v) is 5.53. The first-order chi connectivity index (χ1) is 19.1. The number of carboxylic acid groups (broad SMARTS) is 2. The molecular formula is C32H46F2N2O4. The third-order valence-electron chi connectivity index (χ3n) is 7.94. The zero-order chi connectivity index (χ0) is 29.5. The molecule has 222 valence electrons. The molecule has 0 aromatic heterocycles. The Morgan fingerprint density at radius 2 is 1.27 bits per heavy atom. The van der Waals surface area contributed by atoms with Gasteiger partial charge >= 0.3 is 11.9 Å². The quantitative estimate of drug-likeness (QED) is 0.103. The summed E-state index contributed by atoms with van der Waals surface area (Å²) in [6, 6.07) is 17.3. The van der Waals surface area contributed by atoms with Crippen LogP contribution in [0.3, 0.4) is 0 Å². The molecule has 0 aliphatic rings. The highest BCUT2D eigenvalue weighted by molar-refractivity contribution is 5.92. The van der Waals surface area contributed by atoms with Crippen LogP contribution in [0, 0.1) is 17.8 Å². The smallest absolute Gasteiger partial charge is 0.317 e. The molecule has 0 aliphatic carbocycles. The van der Waals surface area contributed by atoms with E-state index in [1.54, 1.807) is 13.8 Å². The number of nitrogens with zero attached hydrogens (tertiary/aromatic N) is 2. The summed E-state index contributed by atoms with van der Waals surface area (Å²) < 4.78 is 31.9. The predicted molar refractivity (Wildman–Crippen MR) is 154 cm³/mol. The number of rotatable bonds is 20. The SMILES string of the molecule is CCCCCCC(C(C)CC(C(=O)O)C(=O)O)C(C(C)N(F)CCc1ccccc1)N(F)CCc1ccccc1. The standard InChI is InChI=1S/C32H46F2N2O4/c1-4-5-6-13-18-28(24(2)23-29(31(37)38)32(39)40)30(36(34)22-20-27-16-11-8-12-17-27)25(3)35(33)21-19-26-14-9-7-10-15-26/h7-12,14-17,24-25,28-30H,4-6,13,18-23H2,1-3H3,(H,37,38)(H,39,40). The van der Waals surface area contributed by atoms with Crippen LogP contribution in [0.15, 0.2) is 60.7 Å². The van der Waals surface area contributed by atoms with Crippen LogP contribution >= 0.6 is 0 Å². The molecule has 0 fully saturated rings. The van der Waals surface area contributed by atoms with Crippen molar-refractivity contribution >= 4 is 11.9 Å². The number of hydrogen-bond acceptors (Lipinski definition) is 4. The van der Waals surface area contributed by atoms with E-state index in [0.29, 0.717) is 29.5 Å². The van der Waals surface area contributed by atoms with Crippen molar-refractivity contribution in [3.05, 3.63) is 71.8 Å². The summed E-state index contributed by atoms with van der Waals surface area (Å²) in [5.41, 5.74) is 1.94. The number of halogens is 2. The van der Waals surface area contributed by atoms with Gasteiger partial charge in [0.2, 0.25) is 0 Å². The summed E-state index contributed by atoms with van der Waals surface area (Å²) in [6.45, 7) is 5.67. The Labute approximate surface area is 237 Å². The van der Waals surface area contributed by atoms with Crippen LogP contribution in [-0.4, -0.2) is 57.6 Å². The third kappa shape index (κ3) is 11.0. The number of carboxylic acids is 2. The first kappa shape index (κ1) is 33.4. The Hall–Kier alpha value is -2.84. The van der Waals surface area contributed by atoms with Gasteiger partial charge in [0.25, 0.3) is 0 Å².